The zero-order valence-electron chi connectivity index (χ0n) is 25.0. The quantitative estimate of drug-likeness (QED) is 0.284. The zero-order valence-corrected chi connectivity index (χ0v) is 25.0. The number of aromatic nitrogens is 3. The Bertz CT molecular complexity index is 1770. The number of aryl methyl sites for hydroxylation is 1. The number of phenolic OH excluding ortho intramolecular Hbond substituents is 1. The molecule has 6 rings (SSSR count). The number of rotatable bonds is 7. The van der Waals surface area contributed by atoms with E-state index in [1.54, 1.807) is 13.0 Å². The Morgan fingerprint density at radius 1 is 1.18 bits per heavy atom. The predicted octanol–water partition coefficient (Wildman–Crippen LogP) is 3.99. The lowest BCUT2D eigenvalue weighted by atomic mass is 9.94. The first-order chi connectivity index (χ1) is 21.1. The van der Waals surface area contributed by atoms with Crippen molar-refractivity contribution < 1.29 is 28.5 Å². The van der Waals surface area contributed by atoms with Crippen LogP contribution in [0.2, 0.25) is 0 Å². The van der Waals surface area contributed by atoms with Crippen LogP contribution < -0.4 is 15.4 Å². The molecule has 0 radical (unpaired) electrons. The van der Waals surface area contributed by atoms with Gasteiger partial charge in [0.15, 0.2) is 5.82 Å². The monoisotopic (exact) mass is 606 g/mol. The van der Waals surface area contributed by atoms with Gasteiger partial charge in [-0.3, -0.25) is 4.90 Å². The fourth-order valence-corrected chi connectivity index (χ4v) is 6.01. The van der Waals surface area contributed by atoms with Crippen molar-refractivity contribution in [3.63, 3.8) is 0 Å². The van der Waals surface area contributed by atoms with Crippen LogP contribution in [-0.2, 0) is 11.2 Å². The lowest BCUT2D eigenvalue weighted by molar-refractivity contribution is -0.0123. The van der Waals surface area contributed by atoms with Crippen LogP contribution in [0.15, 0.2) is 30.5 Å². The standard InChI is InChI=1S/C32H36F2N6O4/c1-4-21-23(33)6-5-18-13-20(41)14-22(25(18)21)28-27(34)29-26(24(36-28)7-9-35)30(40-11-12-43-17-32(2,42)16-40)38-31(37-29)44-15-19-8-10-39(19)3/h5-7,9,13-14,19,41-42H,4,8,10-12,15-17,35H2,1-3H3/b9-7-. The number of hydrogen-bond donors (Lipinski definition) is 3. The van der Waals surface area contributed by atoms with E-state index < -0.39 is 17.2 Å². The van der Waals surface area contributed by atoms with E-state index >= 15 is 8.78 Å². The molecule has 0 bridgehead atoms. The van der Waals surface area contributed by atoms with Gasteiger partial charge in [0.1, 0.15) is 40.8 Å². The summed E-state index contributed by atoms with van der Waals surface area (Å²) < 4.78 is 43.6. The molecule has 2 aliphatic rings. The molecule has 0 aliphatic carbocycles. The molecule has 2 fully saturated rings. The number of nitrogens with two attached hydrogens (primary N) is 1. The van der Waals surface area contributed by atoms with Gasteiger partial charge < -0.3 is 30.3 Å². The summed E-state index contributed by atoms with van der Waals surface area (Å²) in [5.41, 5.74) is 5.28. The van der Waals surface area contributed by atoms with Crippen LogP contribution in [0.4, 0.5) is 14.6 Å². The van der Waals surface area contributed by atoms with Gasteiger partial charge in [0.05, 0.1) is 30.8 Å². The maximum absolute atomic E-state index is 16.9. The number of likely N-dealkylation sites (N-methyl/N-ethyl adjacent to an activating group) is 1. The van der Waals surface area contributed by atoms with Gasteiger partial charge >= 0.3 is 6.01 Å². The second-order valence-corrected chi connectivity index (χ2v) is 11.7. The molecule has 4 N–H and O–H groups in total. The largest absolute Gasteiger partial charge is 0.508 e. The fourth-order valence-electron chi connectivity index (χ4n) is 6.01. The third-order valence-electron chi connectivity index (χ3n) is 8.38. The first kappa shape index (κ1) is 29.9. The van der Waals surface area contributed by atoms with E-state index in [1.807, 2.05) is 18.9 Å². The number of benzene rings is 2. The molecule has 4 aromatic rings. The van der Waals surface area contributed by atoms with Crippen molar-refractivity contribution in [1.29, 1.82) is 0 Å². The van der Waals surface area contributed by atoms with Gasteiger partial charge in [-0.15, -0.1) is 0 Å². The van der Waals surface area contributed by atoms with Gasteiger partial charge in [-0.2, -0.15) is 9.97 Å². The number of nitrogens with zero attached hydrogens (tertiary/aromatic N) is 5. The summed E-state index contributed by atoms with van der Waals surface area (Å²) in [4.78, 5) is 17.9. The molecule has 0 saturated carbocycles. The molecule has 0 amide bonds. The van der Waals surface area contributed by atoms with Crippen molar-refractivity contribution in [1.82, 2.24) is 19.9 Å². The summed E-state index contributed by atoms with van der Waals surface area (Å²) in [7, 11) is 2.00. The highest BCUT2D eigenvalue weighted by molar-refractivity contribution is 6.03. The number of pyridine rings is 1. The second-order valence-electron chi connectivity index (χ2n) is 11.7. The molecule has 4 heterocycles. The SMILES string of the molecule is CCc1c(F)ccc2cc(O)cc(-c3nc(/C=C\N)c4c(N5CCOCC(C)(O)C5)nc(OCC5CCN5C)nc4c3F)c12. The third kappa shape index (κ3) is 5.49. The molecule has 232 valence electrons. The number of anilines is 1. The molecular weight excluding hydrogens is 570 g/mol. The number of fused-ring (bicyclic) bond motifs is 2. The van der Waals surface area contributed by atoms with Gasteiger partial charge in [0, 0.05) is 18.2 Å². The summed E-state index contributed by atoms with van der Waals surface area (Å²) in [6, 6.07) is 5.91. The highest BCUT2D eigenvalue weighted by Crippen LogP contribution is 2.40. The Kier molecular flexibility index (Phi) is 7.99. The summed E-state index contributed by atoms with van der Waals surface area (Å²) in [6.45, 7) is 5.68. The van der Waals surface area contributed by atoms with E-state index in [1.165, 1.54) is 30.5 Å². The molecular formula is C32H36F2N6O4. The van der Waals surface area contributed by atoms with Gasteiger partial charge in [0.25, 0.3) is 0 Å². The van der Waals surface area contributed by atoms with Crippen LogP contribution in [0.3, 0.4) is 0 Å². The number of β-amino-alcohol motifs (C(OH)–C–C–N with tert-alkyl or cyclic N) is 1. The predicted molar refractivity (Wildman–Crippen MR) is 165 cm³/mol. The maximum Gasteiger partial charge on any atom is 0.319 e. The number of likely N-dealkylation sites (tertiary alicyclic amines) is 1. The number of aromatic hydroxyl groups is 1. The van der Waals surface area contributed by atoms with E-state index in [4.69, 9.17) is 20.2 Å². The molecule has 2 unspecified atom stereocenters. The molecule has 2 aromatic heterocycles. The topological polar surface area (TPSA) is 130 Å². The molecule has 2 aliphatic heterocycles. The van der Waals surface area contributed by atoms with E-state index in [-0.39, 0.29) is 58.8 Å². The summed E-state index contributed by atoms with van der Waals surface area (Å²) >= 11 is 0. The summed E-state index contributed by atoms with van der Waals surface area (Å²) in [6.07, 6.45) is 4.09. The van der Waals surface area contributed by atoms with Crippen molar-refractivity contribution in [3.05, 3.63) is 53.4 Å². The fraction of sp³-hybridized carbons (Fsp3) is 0.406. The lowest BCUT2D eigenvalue weighted by Gasteiger charge is -2.37. The molecule has 12 heteroatoms. The van der Waals surface area contributed by atoms with Crippen molar-refractivity contribution in [2.75, 3.05) is 51.4 Å². The summed E-state index contributed by atoms with van der Waals surface area (Å²) in [5, 5.41) is 22.8. The Labute approximate surface area is 253 Å². The van der Waals surface area contributed by atoms with Crippen molar-refractivity contribution >= 4 is 33.6 Å². The molecule has 2 saturated heterocycles. The van der Waals surface area contributed by atoms with Crippen LogP contribution >= 0.6 is 0 Å². The van der Waals surface area contributed by atoms with Crippen molar-refractivity contribution in [2.24, 2.45) is 5.73 Å². The molecule has 44 heavy (non-hydrogen) atoms. The van der Waals surface area contributed by atoms with E-state index in [9.17, 15) is 10.2 Å². The number of hydrogen-bond acceptors (Lipinski definition) is 10. The van der Waals surface area contributed by atoms with E-state index in [2.05, 4.69) is 14.9 Å². The van der Waals surface area contributed by atoms with Crippen molar-refractivity contribution in [2.45, 2.75) is 38.3 Å². The average Bonchev–Trinajstić information content (AvgIpc) is 3.17. The van der Waals surface area contributed by atoms with E-state index in [0.717, 1.165) is 13.0 Å². The Hall–Kier alpha value is -4.13. The van der Waals surface area contributed by atoms with Crippen LogP contribution in [0, 0.1) is 11.6 Å². The van der Waals surface area contributed by atoms with E-state index in [0.29, 0.717) is 48.3 Å². The Balaban J connectivity index is 1.63. The molecule has 10 nitrogen and oxygen atoms in total. The number of phenols is 1. The molecule has 2 atom stereocenters. The first-order valence-corrected chi connectivity index (χ1v) is 14.7. The number of ether oxygens (including phenoxy) is 2. The van der Waals surface area contributed by atoms with Crippen LogP contribution in [0.25, 0.3) is 39.0 Å². The minimum atomic E-state index is -1.21. The smallest absolute Gasteiger partial charge is 0.319 e. The van der Waals surface area contributed by atoms with Crippen molar-refractivity contribution in [3.8, 4) is 23.0 Å². The highest BCUT2D eigenvalue weighted by atomic mass is 19.1. The number of halogens is 2. The first-order valence-electron chi connectivity index (χ1n) is 14.7. The normalized spacial score (nSPS) is 21.2. The van der Waals surface area contributed by atoms with Gasteiger partial charge in [-0.25, -0.2) is 13.8 Å². The second kappa shape index (κ2) is 11.8. The Morgan fingerprint density at radius 3 is 2.70 bits per heavy atom. The number of aliphatic hydroxyl groups is 1. The maximum atomic E-state index is 16.9. The van der Waals surface area contributed by atoms with Crippen LogP contribution in [0.1, 0.15) is 31.5 Å². The zero-order chi connectivity index (χ0) is 31.2. The minimum Gasteiger partial charge on any atom is -0.508 e. The van der Waals surface area contributed by atoms with Crippen LogP contribution in [-0.4, -0.2) is 88.2 Å². The molecule has 2 aromatic carbocycles. The average molecular weight is 607 g/mol. The van der Waals surface area contributed by atoms with Gasteiger partial charge in [-0.05, 0) is 80.2 Å². The Morgan fingerprint density at radius 2 is 2.00 bits per heavy atom. The highest BCUT2D eigenvalue weighted by Gasteiger charge is 2.32. The van der Waals surface area contributed by atoms with Gasteiger partial charge in [0.2, 0.25) is 0 Å². The minimum absolute atomic E-state index is 0.0302. The summed E-state index contributed by atoms with van der Waals surface area (Å²) in [5.74, 6) is -1.04. The molecule has 0 spiro atoms. The van der Waals surface area contributed by atoms with Gasteiger partial charge in [-0.1, -0.05) is 13.0 Å². The third-order valence-corrected chi connectivity index (χ3v) is 8.38. The lowest BCUT2D eigenvalue weighted by Crippen LogP contribution is -2.48. The van der Waals surface area contributed by atoms with Crippen LogP contribution in [0.5, 0.6) is 11.8 Å².